The SMILES string of the molecule is COCCN1C(=O)Cc2ccccc2[C@@H]1C(=O)NCc1ccccc1Br. The van der Waals surface area contributed by atoms with Gasteiger partial charge in [0.15, 0.2) is 0 Å². The van der Waals surface area contributed by atoms with Crippen molar-refractivity contribution in [3.63, 3.8) is 0 Å². The van der Waals surface area contributed by atoms with Crippen LogP contribution >= 0.6 is 15.9 Å². The van der Waals surface area contributed by atoms with Crippen molar-refractivity contribution in [1.82, 2.24) is 10.2 Å². The lowest BCUT2D eigenvalue weighted by atomic mass is 9.91. The van der Waals surface area contributed by atoms with Gasteiger partial charge >= 0.3 is 0 Å². The summed E-state index contributed by atoms with van der Waals surface area (Å²) in [7, 11) is 1.59. The van der Waals surface area contributed by atoms with Crippen molar-refractivity contribution in [3.05, 3.63) is 69.7 Å². The summed E-state index contributed by atoms with van der Waals surface area (Å²) in [5, 5.41) is 2.97. The van der Waals surface area contributed by atoms with Crippen LogP contribution in [0, 0.1) is 0 Å². The Labute approximate surface area is 161 Å². The second-order valence-electron chi connectivity index (χ2n) is 6.17. The van der Waals surface area contributed by atoms with Crippen molar-refractivity contribution in [3.8, 4) is 0 Å². The molecule has 2 aromatic rings. The van der Waals surface area contributed by atoms with Crippen molar-refractivity contribution >= 4 is 27.7 Å². The Balaban J connectivity index is 1.84. The molecule has 1 atom stereocenters. The molecule has 6 heteroatoms. The number of methoxy groups -OCH3 is 1. The molecular formula is C20H21BrN2O3. The van der Waals surface area contributed by atoms with Gasteiger partial charge in [-0.1, -0.05) is 58.4 Å². The third-order valence-corrected chi connectivity index (χ3v) is 5.29. The van der Waals surface area contributed by atoms with Crippen LogP contribution in [-0.4, -0.2) is 37.0 Å². The highest BCUT2D eigenvalue weighted by Gasteiger charge is 2.36. The van der Waals surface area contributed by atoms with Crippen molar-refractivity contribution in [2.45, 2.75) is 19.0 Å². The molecule has 2 amide bonds. The summed E-state index contributed by atoms with van der Waals surface area (Å²) < 4.78 is 6.06. The molecule has 5 nitrogen and oxygen atoms in total. The van der Waals surface area contributed by atoms with E-state index in [-0.39, 0.29) is 11.8 Å². The van der Waals surface area contributed by atoms with Crippen LogP contribution in [0.25, 0.3) is 0 Å². The van der Waals surface area contributed by atoms with Gasteiger partial charge in [0.1, 0.15) is 6.04 Å². The summed E-state index contributed by atoms with van der Waals surface area (Å²) >= 11 is 3.49. The highest BCUT2D eigenvalue weighted by atomic mass is 79.9. The van der Waals surface area contributed by atoms with E-state index in [1.807, 2.05) is 48.5 Å². The van der Waals surface area contributed by atoms with Gasteiger partial charge in [-0.25, -0.2) is 0 Å². The van der Waals surface area contributed by atoms with Crippen LogP contribution < -0.4 is 5.32 Å². The Morgan fingerprint density at radius 3 is 2.73 bits per heavy atom. The lowest BCUT2D eigenvalue weighted by Crippen LogP contribution is -2.48. The molecule has 0 fully saturated rings. The van der Waals surface area contributed by atoms with E-state index in [4.69, 9.17) is 4.74 Å². The number of hydrogen-bond donors (Lipinski definition) is 1. The molecule has 1 aliphatic heterocycles. The fourth-order valence-corrected chi connectivity index (χ4v) is 3.61. The Morgan fingerprint density at radius 1 is 1.23 bits per heavy atom. The molecule has 1 N–H and O–H groups in total. The maximum atomic E-state index is 13.0. The molecule has 0 unspecified atom stereocenters. The molecule has 0 radical (unpaired) electrons. The monoisotopic (exact) mass is 416 g/mol. The number of carbonyl (C=O) groups is 2. The fraction of sp³-hybridized carbons (Fsp3) is 0.300. The van der Waals surface area contributed by atoms with Gasteiger partial charge in [-0.2, -0.15) is 0 Å². The van der Waals surface area contributed by atoms with Gasteiger partial charge in [-0.15, -0.1) is 0 Å². The van der Waals surface area contributed by atoms with E-state index in [0.717, 1.165) is 21.2 Å². The van der Waals surface area contributed by atoms with Crippen LogP contribution in [0.3, 0.4) is 0 Å². The summed E-state index contributed by atoms with van der Waals surface area (Å²) in [5.41, 5.74) is 2.78. The third kappa shape index (κ3) is 3.97. The molecule has 1 heterocycles. The van der Waals surface area contributed by atoms with E-state index in [9.17, 15) is 9.59 Å². The van der Waals surface area contributed by atoms with E-state index in [1.165, 1.54) is 0 Å². The van der Waals surface area contributed by atoms with Crippen molar-refractivity contribution in [2.24, 2.45) is 0 Å². The normalized spacial score (nSPS) is 16.3. The van der Waals surface area contributed by atoms with E-state index >= 15 is 0 Å². The quantitative estimate of drug-likeness (QED) is 0.787. The minimum absolute atomic E-state index is 0.0539. The molecule has 0 saturated heterocycles. The Morgan fingerprint density at radius 2 is 1.96 bits per heavy atom. The minimum atomic E-state index is -0.634. The highest BCUT2D eigenvalue weighted by Crippen LogP contribution is 2.30. The number of carbonyl (C=O) groups excluding carboxylic acids is 2. The Kier molecular flexibility index (Phi) is 6.06. The maximum absolute atomic E-state index is 13.0. The van der Waals surface area contributed by atoms with Crippen molar-refractivity contribution in [1.29, 1.82) is 0 Å². The van der Waals surface area contributed by atoms with Gasteiger partial charge in [-0.3, -0.25) is 9.59 Å². The number of halogens is 1. The van der Waals surface area contributed by atoms with E-state index < -0.39 is 6.04 Å². The first kappa shape index (κ1) is 18.6. The molecule has 0 saturated carbocycles. The molecule has 3 rings (SSSR count). The standard InChI is InChI=1S/C20H21BrN2O3/c1-26-11-10-23-18(24)12-14-6-2-4-8-16(14)19(23)20(25)22-13-15-7-3-5-9-17(15)21/h2-9,19H,10-13H2,1H3,(H,22,25)/t19-/m1/s1. The number of nitrogens with one attached hydrogen (secondary N) is 1. The molecule has 2 aromatic carbocycles. The van der Waals surface area contributed by atoms with Crippen LogP contribution in [-0.2, 0) is 27.3 Å². The molecule has 1 aliphatic rings. The first-order chi connectivity index (χ1) is 12.6. The first-order valence-electron chi connectivity index (χ1n) is 8.49. The van der Waals surface area contributed by atoms with Gasteiger partial charge in [0.05, 0.1) is 13.0 Å². The summed E-state index contributed by atoms with van der Waals surface area (Å²) in [6, 6.07) is 14.7. The van der Waals surface area contributed by atoms with Crippen LogP contribution in [0.15, 0.2) is 53.0 Å². The smallest absolute Gasteiger partial charge is 0.247 e. The predicted molar refractivity (Wildman–Crippen MR) is 102 cm³/mol. The predicted octanol–water partition coefficient (Wildman–Crippen LogP) is 2.84. The minimum Gasteiger partial charge on any atom is -0.383 e. The number of benzene rings is 2. The van der Waals surface area contributed by atoms with Crippen LogP contribution in [0.1, 0.15) is 22.7 Å². The topological polar surface area (TPSA) is 58.6 Å². The zero-order chi connectivity index (χ0) is 18.5. The highest BCUT2D eigenvalue weighted by molar-refractivity contribution is 9.10. The van der Waals surface area contributed by atoms with Gasteiger partial charge in [0, 0.05) is 24.7 Å². The zero-order valence-corrected chi connectivity index (χ0v) is 16.2. The van der Waals surface area contributed by atoms with E-state index in [1.54, 1.807) is 12.0 Å². The van der Waals surface area contributed by atoms with Gasteiger partial charge in [0.2, 0.25) is 11.8 Å². The maximum Gasteiger partial charge on any atom is 0.247 e. The van der Waals surface area contributed by atoms with E-state index in [2.05, 4.69) is 21.2 Å². The second kappa shape index (κ2) is 8.47. The second-order valence-corrected chi connectivity index (χ2v) is 7.02. The lowest BCUT2D eigenvalue weighted by molar-refractivity contribution is -0.142. The number of nitrogens with zero attached hydrogens (tertiary/aromatic N) is 1. The average molecular weight is 417 g/mol. The van der Waals surface area contributed by atoms with Gasteiger partial charge in [0.25, 0.3) is 0 Å². The van der Waals surface area contributed by atoms with Gasteiger partial charge in [-0.05, 0) is 22.8 Å². The summed E-state index contributed by atoms with van der Waals surface area (Å²) in [4.78, 5) is 27.2. The third-order valence-electron chi connectivity index (χ3n) is 4.52. The number of rotatable bonds is 6. The first-order valence-corrected chi connectivity index (χ1v) is 9.28. The number of hydrogen-bond acceptors (Lipinski definition) is 3. The molecule has 26 heavy (non-hydrogen) atoms. The summed E-state index contributed by atoms with van der Waals surface area (Å²) in [6.45, 7) is 1.17. The van der Waals surface area contributed by atoms with E-state index in [0.29, 0.717) is 26.1 Å². The zero-order valence-electron chi connectivity index (χ0n) is 14.6. The average Bonchev–Trinajstić information content (AvgIpc) is 2.65. The summed E-state index contributed by atoms with van der Waals surface area (Å²) in [6.07, 6.45) is 0.313. The molecule has 0 bridgehead atoms. The fourth-order valence-electron chi connectivity index (χ4n) is 3.19. The Bertz CT molecular complexity index is 809. The van der Waals surface area contributed by atoms with Crippen LogP contribution in [0.4, 0.5) is 0 Å². The van der Waals surface area contributed by atoms with Crippen molar-refractivity contribution in [2.75, 3.05) is 20.3 Å². The van der Waals surface area contributed by atoms with Crippen LogP contribution in [0.2, 0.25) is 0 Å². The van der Waals surface area contributed by atoms with Gasteiger partial charge < -0.3 is 15.0 Å². The number of amides is 2. The molecule has 0 aliphatic carbocycles. The molecule has 0 aromatic heterocycles. The summed E-state index contributed by atoms with van der Waals surface area (Å²) in [5.74, 6) is -0.237. The van der Waals surface area contributed by atoms with Crippen LogP contribution in [0.5, 0.6) is 0 Å². The largest absolute Gasteiger partial charge is 0.383 e. The lowest BCUT2D eigenvalue weighted by Gasteiger charge is -2.36. The van der Waals surface area contributed by atoms with Crippen molar-refractivity contribution < 1.29 is 14.3 Å². The molecular weight excluding hydrogens is 396 g/mol. The molecule has 136 valence electrons. The Hall–Kier alpha value is -2.18. The number of fused-ring (bicyclic) bond motifs is 1. The number of ether oxygens (including phenoxy) is 1. The molecule has 0 spiro atoms.